The normalized spacial score (nSPS) is 13.6. The van der Waals surface area contributed by atoms with Gasteiger partial charge in [0.2, 0.25) is 0 Å². The summed E-state index contributed by atoms with van der Waals surface area (Å²) in [5.74, 6) is 0.0473. The minimum Gasteiger partial charge on any atom is -0.463 e. The molecule has 146 valence electrons. The van der Waals surface area contributed by atoms with Crippen molar-refractivity contribution in [1.29, 1.82) is 0 Å². The molecule has 0 amide bonds. The molecule has 2 atom stereocenters. The lowest BCUT2D eigenvalue weighted by Gasteiger charge is -2.36. The van der Waals surface area contributed by atoms with Gasteiger partial charge in [-0.05, 0) is 23.5 Å². The number of hydrogen-bond donors (Lipinski definition) is 1. The molecule has 0 spiro atoms. The second-order valence-corrected chi connectivity index (χ2v) is 7.44. The van der Waals surface area contributed by atoms with E-state index >= 15 is 0 Å². The smallest absolute Gasteiger partial charge is 0.302 e. The van der Waals surface area contributed by atoms with Gasteiger partial charge in [0, 0.05) is 26.1 Å². The van der Waals surface area contributed by atoms with Gasteiger partial charge in [0.25, 0.3) is 0 Å². The fourth-order valence-corrected chi connectivity index (χ4v) is 3.27. The van der Waals surface area contributed by atoms with Crippen LogP contribution in [0.2, 0.25) is 0 Å². The zero-order valence-corrected chi connectivity index (χ0v) is 16.5. The minimum absolute atomic E-state index is 0.0206. The van der Waals surface area contributed by atoms with Gasteiger partial charge in [0.15, 0.2) is 0 Å². The van der Waals surface area contributed by atoms with Crippen molar-refractivity contribution >= 4 is 5.97 Å². The molecule has 0 unspecified atom stereocenters. The van der Waals surface area contributed by atoms with Crippen LogP contribution in [0.4, 0.5) is 0 Å². The van der Waals surface area contributed by atoms with Crippen LogP contribution in [0, 0.1) is 5.92 Å². The molecule has 27 heavy (non-hydrogen) atoms. The van der Waals surface area contributed by atoms with Crippen molar-refractivity contribution in [2.24, 2.45) is 5.92 Å². The largest absolute Gasteiger partial charge is 0.463 e. The predicted octanol–water partition coefficient (Wildman–Crippen LogP) is 4.03. The van der Waals surface area contributed by atoms with Crippen LogP contribution < -0.4 is 0 Å². The first-order chi connectivity index (χ1) is 13.0. The van der Waals surface area contributed by atoms with Crippen molar-refractivity contribution in [3.63, 3.8) is 0 Å². The lowest BCUT2D eigenvalue weighted by Crippen LogP contribution is -2.46. The number of aliphatic hydroxyl groups is 1. The maximum absolute atomic E-state index is 11.2. The van der Waals surface area contributed by atoms with Crippen molar-refractivity contribution in [3.05, 3.63) is 71.8 Å². The van der Waals surface area contributed by atoms with E-state index in [0.717, 1.165) is 19.5 Å². The van der Waals surface area contributed by atoms with Crippen molar-refractivity contribution in [3.8, 4) is 0 Å². The minimum atomic E-state index is -0.733. The zero-order chi connectivity index (χ0) is 19.6. The van der Waals surface area contributed by atoms with Crippen LogP contribution in [0.15, 0.2) is 60.7 Å². The van der Waals surface area contributed by atoms with Gasteiger partial charge >= 0.3 is 5.97 Å². The number of carbonyl (C=O) groups is 1. The Balaban J connectivity index is 2.24. The molecule has 0 fully saturated rings. The standard InChI is InChI=1S/C23H31NO3/c1-18(2)14-22(23(26)17-27-19(3)25)24(15-20-10-6-4-7-11-20)16-21-12-8-5-9-13-21/h4-13,18,22-23,26H,14-17H2,1-3H3/t22-,23-/m0/s1. The molecule has 4 nitrogen and oxygen atoms in total. The molecular formula is C23H31NO3. The Hall–Kier alpha value is -2.17. The second kappa shape index (κ2) is 10.9. The van der Waals surface area contributed by atoms with Gasteiger partial charge in [0.05, 0.1) is 0 Å². The number of hydrogen-bond acceptors (Lipinski definition) is 4. The van der Waals surface area contributed by atoms with Crippen LogP contribution in [0.25, 0.3) is 0 Å². The Morgan fingerprint density at radius 3 is 1.85 bits per heavy atom. The van der Waals surface area contributed by atoms with E-state index in [9.17, 15) is 9.90 Å². The van der Waals surface area contributed by atoms with E-state index in [1.54, 1.807) is 0 Å². The summed E-state index contributed by atoms with van der Waals surface area (Å²) in [7, 11) is 0. The number of carbonyl (C=O) groups excluding carboxylic acids is 1. The third kappa shape index (κ3) is 7.53. The average molecular weight is 370 g/mol. The van der Waals surface area contributed by atoms with E-state index in [2.05, 4.69) is 43.0 Å². The Labute approximate surface area is 162 Å². The van der Waals surface area contributed by atoms with Crippen molar-refractivity contribution < 1.29 is 14.6 Å². The highest BCUT2D eigenvalue weighted by Crippen LogP contribution is 2.21. The summed E-state index contributed by atoms with van der Waals surface area (Å²) in [4.78, 5) is 13.5. The van der Waals surface area contributed by atoms with Gasteiger partial charge < -0.3 is 9.84 Å². The van der Waals surface area contributed by atoms with E-state index < -0.39 is 6.10 Å². The maximum Gasteiger partial charge on any atom is 0.302 e. The summed E-state index contributed by atoms with van der Waals surface area (Å²) in [6.07, 6.45) is 0.0889. The molecule has 0 heterocycles. The highest BCUT2D eigenvalue weighted by molar-refractivity contribution is 5.65. The molecule has 2 aromatic carbocycles. The van der Waals surface area contributed by atoms with E-state index in [1.165, 1.54) is 18.1 Å². The maximum atomic E-state index is 11.2. The first-order valence-corrected chi connectivity index (χ1v) is 9.59. The number of benzene rings is 2. The number of esters is 1. The molecule has 0 saturated heterocycles. The first kappa shape index (κ1) is 21.1. The molecule has 0 aromatic heterocycles. The van der Waals surface area contributed by atoms with Crippen LogP contribution >= 0.6 is 0 Å². The van der Waals surface area contributed by atoms with Gasteiger partial charge in [0.1, 0.15) is 12.7 Å². The number of rotatable bonds is 10. The van der Waals surface area contributed by atoms with Gasteiger partial charge in [-0.3, -0.25) is 9.69 Å². The molecule has 1 N–H and O–H groups in total. The molecule has 0 aliphatic rings. The molecule has 0 aliphatic heterocycles. The van der Waals surface area contributed by atoms with Gasteiger partial charge in [-0.25, -0.2) is 0 Å². The summed E-state index contributed by atoms with van der Waals surface area (Å²) < 4.78 is 5.10. The summed E-state index contributed by atoms with van der Waals surface area (Å²) >= 11 is 0. The summed E-state index contributed by atoms with van der Waals surface area (Å²) in [6.45, 7) is 7.14. The van der Waals surface area contributed by atoms with Crippen LogP contribution in [0.5, 0.6) is 0 Å². The second-order valence-electron chi connectivity index (χ2n) is 7.44. The van der Waals surface area contributed by atoms with Gasteiger partial charge in [-0.2, -0.15) is 0 Å². The molecule has 0 aliphatic carbocycles. The Bertz CT molecular complexity index is 631. The topological polar surface area (TPSA) is 49.8 Å². The summed E-state index contributed by atoms with van der Waals surface area (Å²) in [6, 6.07) is 20.4. The highest BCUT2D eigenvalue weighted by atomic mass is 16.5. The number of aliphatic hydroxyl groups excluding tert-OH is 1. The van der Waals surface area contributed by atoms with Crippen LogP contribution in [0.1, 0.15) is 38.3 Å². The molecule has 2 aromatic rings. The summed E-state index contributed by atoms with van der Waals surface area (Å²) in [5.41, 5.74) is 2.39. The predicted molar refractivity (Wildman–Crippen MR) is 108 cm³/mol. The molecule has 0 bridgehead atoms. The fraction of sp³-hybridized carbons (Fsp3) is 0.435. The lowest BCUT2D eigenvalue weighted by atomic mass is 9.96. The first-order valence-electron chi connectivity index (χ1n) is 9.59. The van der Waals surface area contributed by atoms with Crippen LogP contribution in [0.3, 0.4) is 0 Å². The zero-order valence-electron chi connectivity index (χ0n) is 16.5. The van der Waals surface area contributed by atoms with Crippen LogP contribution in [-0.4, -0.2) is 34.7 Å². The quantitative estimate of drug-likeness (QED) is 0.643. The Morgan fingerprint density at radius 2 is 1.44 bits per heavy atom. The van der Waals surface area contributed by atoms with E-state index in [1.807, 2.05) is 36.4 Å². The summed E-state index contributed by atoms with van der Waals surface area (Å²) in [5, 5.41) is 10.8. The molecule has 0 radical (unpaired) electrons. The van der Waals surface area contributed by atoms with Crippen LogP contribution in [-0.2, 0) is 22.6 Å². The van der Waals surface area contributed by atoms with Crippen molar-refractivity contribution in [1.82, 2.24) is 4.90 Å². The van der Waals surface area contributed by atoms with Gasteiger partial charge in [-0.15, -0.1) is 0 Å². The monoisotopic (exact) mass is 369 g/mol. The molecule has 4 heteroatoms. The van der Waals surface area contributed by atoms with E-state index in [-0.39, 0.29) is 18.6 Å². The van der Waals surface area contributed by atoms with Crippen molar-refractivity contribution in [2.45, 2.75) is 52.4 Å². The Kier molecular flexibility index (Phi) is 8.49. The SMILES string of the molecule is CC(=O)OC[C@H](O)[C@H](CC(C)C)N(Cc1ccccc1)Cc1ccccc1. The van der Waals surface area contributed by atoms with E-state index in [0.29, 0.717) is 5.92 Å². The lowest BCUT2D eigenvalue weighted by molar-refractivity contribution is -0.145. The fourth-order valence-electron chi connectivity index (χ4n) is 3.27. The third-order valence-corrected chi connectivity index (χ3v) is 4.54. The Morgan fingerprint density at radius 1 is 0.963 bits per heavy atom. The van der Waals surface area contributed by atoms with Crippen molar-refractivity contribution in [2.75, 3.05) is 6.61 Å². The number of ether oxygens (including phenoxy) is 1. The third-order valence-electron chi connectivity index (χ3n) is 4.54. The van der Waals surface area contributed by atoms with E-state index in [4.69, 9.17) is 4.74 Å². The highest BCUT2D eigenvalue weighted by Gasteiger charge is 2.28. The van der Waals surface area contributed by atoms with Gasteiger partial charge in [-0.1, -0.05) is 74.5 Å². The molecular weight excluding hydrogens is 338 g/mol. The molecule has 2 rings (SSSR count). The number of nitrogens with zero attached hydrogens (tertiary/aromatic N) is 1. The average Bonchev–Trinajstić information content (AvgIpc) is 2.65. The molecule has 0 saturated carbocycles.